The van der Waals surface area contributed by atoms with Gasteiger partial charge >= 0.3 is 5.97 Å². The molecule has 2 saturated heterocycles. The van der Waals surface area contributed by atoms with Crippen LogP contribution < -0.4 is 10.2 Å². The number of hydrogen-bond acceptors (Lipinski definition) is 7. The molecule has 0 unspecified atom stereocenters. The number of benzene rings is 2. The number of ether oxygens (including phenoxy) is 2. The van der Waals surface area contributed by atoms with Gasteiger partial charge in [-0.05, 0) is 43.4 Å². The number of cyclic esters (lactones) is 1. The summed E-state index contributed by atoms with van der Waals surface area (Å²) in [5.74, 6) is -3.45. The Kier molecular flexibility index (Phi) is 9.31. The number of amides is 3. The molecule has 5 bridgehead atoms. The van der Waals surface area contributed by atoms with E-state index >= 15 is 0 Å². The third kappa shape index (κ3) is 5.74. The molecule has 6 atom stereocenters. The van der Waals surface area contributed by atoms with E-state index < -0.39 is 53.4 Å². The number of para-hydroxylation sites is 1. The number of anilines is 1. The fourth-order valence-corrected chi connectivity index (χ4v) is 7.53. The van der Waals surface area contributed by atoms with Crippen molar-refractivity contribution in [3.05, 3.63) is 89.0 Å². The molecule has 2 fully saturated rings. The minimum absolute atomic E-state index is 0.0556. The number of allylic oxidation sites excluding steroid dienone is 1. The summed E-state index contributed by atoms with van der Waals surface area (Å²) in [6, 6.07) is 12.8. The molecule has 6 rings (SSSR count). The molecule has 4 heterocycles. The number of esters is 1. The zero-order chi connectivity index (χ0) is 32.4. The molecular weight excluding hydrogens is 610 g/mol. The van der Waals surface area contributed by atoms with Gasteiger partial charge in [-0.25, -0.2) is 0 Å². The molecule has 2 aromatic rings. The van der Waals surface area contributed by atoms with E-state index in [0.717, 1.165) is 11.1 Å². The number of aliphatic hydroxyl groups excluding tert-OH is 1. The maximum absolute atomic E-state index is 14.9. The predicted molar refractivity (Wildman–Crippen MR) is 171 cm³/mol. The van der Waals surface area contributed by atoms with Crippen molar-refractivity contribution in [2.24, 2.45) is 11.8 Å². The standard InChI is InChI=1S/C35H38ClN3O7/c1-22-11-10-14-24(36)30(22)38-18-7-3-6-15-27(41)45-21-25(23-12-4-2-5-13-23)37-32(42)28-26-16-17-35(46-26)29(28)33(43)39(19-8-9-20-40)31(35)34(38)44/h2-5,7,10-14,16-17,25-26,28-29,31,40H,6,8-9,15,18-21H2,1H3,(H,37,42)/b7-3-/t25-,26-,28+,29+,31-,35+/m1/s1. The smallest absolute Gasteiger partial charge is 0.306 e. The SMILES string of the molecule is Cc1cccc(Cl)c1N1C/C=C\CCC(=O)OC[C@H](c2ccccc2)NC(=O)[C@@H]2[C@H]3C(=O)N(CCCCO)[C@H](C1=O)[C@]31C=C[C@H]2O1. The number of rotatable bonds is 6. The van der Waals surface area contributed by atoms with Gasteiger partial charge in [0.15, 0.2) is 0 Å². The van der Waals surface area contributed by atoms with Gasteiger partial charge in [0.05, 0.1) is 34.7 Å². The average Bonchev–Trinajstić information content (AvgIpc) is 3.69. The fourth-order valence-electron chi connectivity index (χ4n) is 7.21. The van der Waals surface area contributed by atoms with Crippen LogP contribution in [0.1, 0.15) is 42.9 Å². The van der Waals surface area contributed by atoms with E-state index in [1.807, 2.05) is 49.4 Å². The Hall–Kier alpha value is -3.99. The van der Waals surface area contributed by atoms with Gasteiger partial charge in [0.2, 0.25) is 11.8 Å². The number of likely N-dealkylation sites (tertiary alicyclic amines) is 1. The molecular formula is C35H38ClN3O7. The summed E-state index contributed by atoms with van der Waals surface area (Å²) >= 11 is 6.70. The number of carbonyl (C=O) groups is 4. The average molecular weight is 648 g/mol. The van der Waals surface area contributed by atoms with E-state index in [4.69, 9.17) is 21.1 Å². The molecule has 4 aliphatic heterocycles. The van der Waals surface area contributed by atoms with Crippen molar-refractivity contribution in [1.29, 1.82) is 0 Å². The molecule has 0 aromatic heterocycles. The summed E-state index contributed by atoms with van der Waals surface area (Å²) in [7, 11) is 0. The van der Waals surface area contributed by atoms with Gasteiger partial charge in [0.1, 0.15) is 18.2 Å². The number of aliphatic hydroxyl groups is 1. The normalized spacial score (nSPS) is 30.4. The van der Waals surface area contributed by atoms with Crippen LogP contribution in [0.3, 0.4) is 0 Å². The number of nitrogens with zero attached hydrogens (tertiary/aromatic N) is 2. The van der Waals surface area contributed by atoms with E-state index in [-0.39, 0.29) is 38.6 Å². The van der Waals surface area contributed by atoms with Crippen LogP contribution in [0.2, 0.25) is 5.02 Å². The lowest BCUT2D eigenvalue weighted by atomic mass is 9.74. The van der Waals surface area contributed by atoms with Crippen LogP contribution in [0.4, 0.5) is 5.69 Å². The lowest BCUT2D eigenvalue weighted by Gasteiger charge is -2.36. The highest BCUT2D eigenvalue weighted by atomic mass is 35.5. The van der Waals surface area contributed by atoms with Gasteiger partial charge in [-0.15, -0.1) is 0 Å². The molecule has 46 heavy (non-hydrogen) atoms. The van der Waals surface area contributed by atoms with Gasteiger partial charge in [-0.1, -0.05) is 78.4 Å². The third-order valence-electron chi connectivity index (χ3n) is 9.34. The van der Waals surface area contributed by atoms with Crippen LogP contribution in [-0.2, 0) is 28.7 Å². The maximum Gasteiger partial charge on any atom is 0.306 e. The van der Waals surface area contributed by atoms with Crippen LogP contribution >= 0.6 is 11.6 Å². The minimum Gasteiger partial charge on any atom is -0.463 e. The first-order valence-corrected chi connectivity index (χ1v) is 16.2. The summed E-state index contributed by atoms with van der Waals surface area (Å²) in [4.78, 5) is 59.2. The summed E-state index contributed by atoms with van der Waals surface area (Å²) in [5.41, 5.74) is 0.651. The maximum atomic E-state index is 14.9. The van der Waals surface area contributed by atoms with Crippen molar-refractivity contribution < 1.29 is 33.8 Å². The highest BCUT2D eigenvalue weighted by molar-refractivity contribution is 6.34. The van der Waals surface area contributed by atoms with Crippen LogP contribution in [0.25, 0.3) is 0 Å². The Balaban J connectivity index is 1.44. The largest absolute Gasteiger partial charge is 0.463 e. The van der Waals surface area contributed by atoms with Crippen molar-refractivity contribution >= 4 is 41.0 Å². The van der Waals surface area contributed by atoms with E-state index in [1.54, 1.807) is 35.3 Å². The molecule has 4 aliphatic rings. The monoisotopic (exact) mass is 647 g/mol. The van der Waals surface area contributed by atoms with Crippen molar-refractivity contribution in [1.82, 2.24) is 10.2 Å². The third-order valence-corrected chi connectivity index (χ3v) is 9.65. The Morgan fingerprint density at radius 3 is 2.59 bits per heavy atom. The van der Waals surface area contributed by atoms with Crippen LogP contribution in [0, 0.1) is 18.8 Å². The number of aryl methyl sites for hydroxylation is 1. The second-order valence-electron chi connectivity index (χ2n) is 12.2. The number of carbonyl (C=O) groups excluding carboxylic acids is 4. The summed E-state index contributed by atoms with van der Waals surface area (Å²) < 4.78 is 12.1. The summed E-state index contributed by atoms with van der Waals surface area (Å²) in [6.07, 6.45) is 7.84. The zero-order valence-electron chi connectivity index (χ0n) is 25.6. The van der Waals surface area contributed by atoms with Crippen LogP contribution in [0.15, 0.2) is 72.8 Å². The minimum atomic E-state index is -1.38. The Morgan fingerprint density at radius 1 is 1.02 bits per heavy atom. The van der Waals surface area contributed by atoms with E-state index in [2.05, 4.69) is 5.32 Å². The first-order valence-electron chi connectivity index (χ1n) is 15.8. The first kappa shape index (κ1) is 32.0. The topological polar surface area (TPSA) is 125 Å². The number of nitrogens with one attached hydrogen (secondary N) is 1. The Bertz CT molecular complexity index is 1540. The quantitative estimate of drug-likeness (QED) is 0.279. The van der Waals surface area contributed by atoms with Crippen LogP contribution in [0.5, 0.6) is 0 Å². The molecule has 0 radical (unpaired) electrons. The van der Waals surface area contributed by atoms with Gasteiger partial charge in [-0.3, -0.25) is 19.2 Å². The lowest BCUT2D eigenvalue weighted by molar-refractivity contribution is -0.145. The van der Waals surface area contributed by atoms with E-state index in [1.165, 1.54) is 4.90 Å². The number of hydrogen-bond donors (Lipinski definition) is 2. The van der Waals surface area contributed by atoms with E-state index in [0.29, 0.717) is 30.0 Å². The molecule has 0 aliphatic carbocycles. The molecule has 2 aromatic carbocycles. The number of halogens is 1. The van der Waals surface area contributed by atoms with Crippen molar-refractivity contribution in [3.63, 3.8) is 0 Å². The summed E-state index contributed by atoms with van der Waals surface area (Å²) in [6.45, 7) is 2.06. The Morgan fingerprint density at radius 2 is 1.83 bits per heavy atom. The molecule has 2 N–H and O–H groups in total. The van der Waals surface area contributed by atoms with Crippen molar-refractivity contribution in [3.8, 4) is 0 Å². The molecule has 10 nitrogen and oxygen atoms in total. The van der Waals surface area contributed by atoms with Crippen molar-refractivity contribution in [2.45, 2.75) is 56.4 Å². The summed E-state index contributed by atoms with van der Waals surface area (Å²) in [5, 5.41) is 12.9. The highest BCUT2D eigenvalue weighted by Gasteiger charge is 2.73. The molecule has 11 heteroatoms. The van der Waals surface area contributed by atoms with E-state index in [9.17, 15) is 24.3 Å². The zero-order valence-corrected chi connectivity index (χ0v) is 26.4. The molecule has 0 saturated carbocycles. The molecule has 1 spiro atoms. The van der Waals surface area contributed by atoms with Gasteiger partial charge < -0.3 is 29.7 Å². The van der Waals surface area contributed by atoms with Gasteiger partial charge in [-0.2, -0.15) is 0 Å². The predicted octanol–water partition coefficient (Wildman–Crippen LogP) is 3.66. The highest BCUT2D eigenvalue weighted by Crippen LogP contribution is 2.55. The second kappa shape index (κ2) is 13.4. The number of fused-ring (bicyclic) bond motifs is 2. The lowest BCUT2D eigenvalue weighted by Crippen LogP contribution is -2.56. The van der Waals surface area contributed by atoms with Gasteiger partial charge in [0, 0.05) is 26.1 Å². The van der Waals surface area contributed by atoms with Gasteiger partial charge in [0.25, 0.3) is 5.91 Å². The first-order chi connectivity index (χ1) is 22.3. The Labute approximate surface area is 273 Å². The molecule has 3 amide bonds. The molecule has 242 valence electrons. The fraction of sp³-hybridized carbons (Fsp3) is 0.429. The number of unbranched alkanes of at least 4 members (excludes halogenated alkanes) is 1. The van der Waals surface area contributed by atoms with Crippen LogP contribution in [-0.4, -0.2) is 77.7 Å². The van der Waals surface area contributed by atoms with Crippen molar-refractivity contribution in [2.75, 3.05) is 31.2 Å². The second-order valence-corrected chi connectivity index (χ2v) is 12.6.